The van der Waals surface area contributed by atoms with Gasteiger partial charge in [0.25, 0.3) is 0 Å². The highest BCUT2D eigenvalue weighted by molar-refractivity contribution is 9.10. The third kappa shape index (κ3) is 8.54. The number of methoxy groups -OCH3 is 1. The second-order valence-electron chi connectivity index (χ2n) is 12.1. The van der Waals surface area contributed by atoms with Crippen LogP contribution in [0.25, 0.3) is 0 Å². The highest BCUT2D eigenvalue weighted by Gasteiger charge is 2.43. The van der Waals surface area contributed by atoms with Crippen molar-refractivity contribution in [3.05, 3.63) is 70.2 Å². The van der Waals surface area contributed by atoms with Crippen molar-refractivity contribution in [1.82, 2.24) is 0 Å². The predicted octanol–water partition coefficient (Wildman–Crippen LogP) is 8.30. The Balaban J connectivity index is 2.20. The topological polar surface area (TPSA) is 44.8 Å². The first-order valence-corrected chi connectivity index (χ1v) is 16.5. The van der Waals surface area contributed by atoms with E-state index in [0.717, 1.165) is 35.0 Å². The van der Waals surface area contributed by atoms with Crippen molar-refractivity contribution in [1.29, 1.82) is 0 Å². The van der Waals surface area contributed by atoms with Gasteiger partial charge in [0.15, 0.2) is 8.32 Å². The molecule has 0 aliphatic rings. The van der Waals surface area contributed by atoms with Gasteiger partial charge in [-0.1, -0.05) is 99.4 Å². The van der Waals surface area contributed by atoms with Crippen molar-refractivity contribution >= 4 is 30.2 Å². The van der Waals surface area contributed by atoms with Gasteiger partial charge in [0.05, 0.1) is 20.3 Å². The van der Waals surface area contributed by atoms with E-state index in [1.54, 1.807) is 0 Å². The van der Waals surface area contributed by atoms with Crippen molar-refractivity contribution in [2.75, 3.05) is 20.3 Å². The molecule has 1 atom stereocenters. The molecule has 0 fully saturated rings. The lowest BCUT2D eigenvalue weighted by atomic mass is 9.75. The molecule has 0 bridgehead atoms. The predicted molar refractivity (Wildman–Crippen MR) is 155 cm³/mol. The van der Waals surface area contributed by atoms with Gasteiger partial charge in [0.2, 0.25) is 0 Å². The molecule has 0 aliphatic heterocycles. The molecule has 2 aromatic rings. The van der Waals surface area contributed by atoms with Gasteiger partial charge in [0, 0.05) is 11.1 Å². The Hall–Kier alpha value is -1.47. The molecule has 4 nitrogen and oxygen atoms in total. The average molecular weight is 578 g/mol. The minimum atomic E-state index is -1.82. The number of rotatable bonds is 13. The van der Waals surface area contributed by atoms with Gasteiger partial charge in [0.1, 0.15) is 5.41 Å². The monoisotopic (exact) mass is 576 g/mol. The summed E-state index contributed by atoms with van der Waals surface area (Å²) >= 11 is 3.58. The van der Waals surface area contributed by atoms with E-state index in [-0.39, 0.29) is 23.0 Å². The van der Waals surface area contributed by atoms with Crippen LogP contribution in [0.3, 0.4) is 0 Å². The average Bonchev–Trinajstić information content (AvgIpc) is 2.81. The summed E-state index contributed by atoms with van der Waals surface area (Å²) in [6.07, 6.45) is 2.42. The second kappa shape index (κ2) is 12.9. The molecule has 200 valence electrons. The summed E-state index contributed by atoms with van der Waals surface area (Å²) in [6, 6.07) is 18.0. The van der Waals surface area contributed by atoms with Crippen LogP contribution in [-0.2, 0) is 30.7 Å². The fraction of sp³-hybridized carbons (Fsp3) is 0.567. The molecule has 0 amide bonds. The zero-order valence-corrected chi connectivity index (χ0v) is 26.0. The van der Waals surface area contributed by atoms with E-state index < -0.39 is 13.7 Å². The molecule has 1 unspecified atom stereocenters. The van der Waals surface area contributed by atoms with E-state index in [9.17, 15) is 4.79 Å². The Bertz CT molecular complexity index is 968. The van der Waals surface area contributed by atoms with E-state index in [2.05, 4.69) is 63.6 Å². The molecule has 2 aromatic carbocycles. The number of carbonyl (C=O) groups is 1. The minimum absolute atomic E-state index is 0.000450. The minimum Gasteiger partial charge on any atom is -0.468 e. The van der Waals surface area contributed by atoms with Crippen LogP contribution in [0.2, 0.25) is 18.1 Å². The van der Waals surface area contributed by atoms with Crippen LogP contribution in [0.1, 0.15) is 65.0 Å². The van der Waals surface area contributed by atoms with E-state index in [1.165, 1.54) is 7.11 Å². The maximum Gasteiger partial charge on any atom is 0.318 e. The Morgan fingerprint density at radius 1 is 0.917 bits per heavy atom. The Kier molecular flexibility index (Phi) is 11.0. The number of hydrogen-bond donors (Lipinski definition) is 0. The summed E-state index contributed by atoms with van der Waals surface area (Å²) in [6.45, 7) is 17.3. The first-order valence-electron chi connectivity index (χ1n) is 12.8. The van der Waals surface area contributed by atoms with E-state index in [1.807, 2.05) is 54.6 Å². The summed E-state index contributed by atoms with van der Waals surface area (Å²) in [4.78, 5) is 13.4. The molecule has 6 heteroatoms. The molecule has 0 aromatic heterocycles. The Morgan fingerprint density at radius 3 is 2.17 bits per heavy atom. The van der Waals surface area contributed by atoms with Gasteiger partial charge in [-0.25, -0.2) is 0 Å². The summed E-state index contributed by atoms with van der Waals surface area (Å²) in [5.74, 6) is -0.260. The molecular formula is C30H45BrO4Si. The normalized spacial score (nSPS) is 14.4. The van der Waals surface area contributed by atoms with Gasteiger partial charge in [-0.2, -0.15) is 0 Å². The zero-order valence-electron chi connectivity index (χ0n) is 23.4. The van der Waals surface area contributed by atoms with E-state index in [0.29, 0.717) is 13.0 Å². The molecule has 0 saturated heterocycles. The van der Waals surface area contributed by atoms with Crippen LogP contribution >= 0.6 is 15.9 Å². The molecule has 2 rings (SSSR count). The Labute approximate surface area is 228 Å². The number of benzene rings is 2. The molecule has 0 saturated carbocycles. The van der Waals surface area contributed by atoms with Gasteiger partial charge < -0.3 is 13.9 Å². The number of hydrogen-bond acceptors (Lipinski definition) is 4. The number of carbonyl (C=O) groups excluding carboxylic acids is 1. The number of ether oxygens (including phenoxy) is 2. The van der Waals surface area contributed by atoms with Crippen LogP contribution < -0.4 is 0 Å². The fourth-order valence-electron chi connectivity index (χ4n) is 4.01. The lowest BCUT2D eigenvalue weighted by Crippen LogP contribution is -2.43. The molecular weight excluding hydrogens is 532 g/mol. The summed E-state index contributed by atoms with van der Waals surface area (Å²) in [5.41, 5.74) is 1.10. The van der Waals surface area contributed by atoms with Gasteiger partial charge >= 0.3 is 5.97 Å². The maximum atomic E-state index is 13.4. The molecule has 0 spiro atoms. The molecule has 0 heterocycles. The Morgan fingerprint density at radius 2 is 1.58 bits per heavy atom. The van der Waals surface area contributed by atoms with Crippen LogP contribution in [0.5, 0.6) is 0 Å². The number of halogens is 1. The van der Waals surface area contributed by atoms with Crippen molar-refractivity contribution in [2.45, 2.75) is 84.0 Å². The van der Waals surface area contributed by atoms with Gasteiger partial charge in [-0.15, -0.1) is 0 Å². The van der Waals surface area contributed by atoms with Crippen LogP contribution in [0.15, 0.2) is 59.1 Å². The SMILES string of the molecule is COC(=O)C(CCCC(C)(C)CO[Si](C)(C)C(C)(C)C)(COCc1ccccc1)c1cccc(Br)c1. The summed E-state index contributed by atoms with van der Waals surface area (Å²) in [5, 5.41) is 0.180. The van der Waals surface area contributed by atoms with E-state index in [4.69, 9.17) is 13.9 Å². The van der Waals surface area contributed by atoms with Crippen molar-refractivity contribution in [3.8, 4) is 0 Å². The van der Waals surface area contributed by atoms with Gasteiger partial charge in [-0.3, -0.25) is 4.79 Å². The van der Waals surface area contributed by atoms with Crippen molar-refractivity contribution in [3.63, 3.8) is 0 Å². The molecule has 0 radical (unpaired) electrons. The standard InChI is InChI=1S/C30H45BrO4Si/c1-28(2,3)36(7,8)35-22-29(4,5)18-13-19-30(27(32)33-6,25-16-12-17-26(31)20-25)23-34-21-24-14-10-9-11-15-24/h9-12,14-17,20H,13,18-19,21-23H2,1-8H3. The van der Waals surface area contributed by atoms with Crippen molar-refractivity contribution < 1.29 is 18.7 Å². The van der Waals surface area contributed by atoms with Crippen LogP contribution in [0.4, 0.5) is 0 Å². The fourth-order valence-corrected chi connectivity index (χ4v) is 5.59. The lowest BCUT2D eigenvalue weighted by molar-refractivity contribution is -0.151. The molecule has 0 aliphatic carbocycles. The highest BCUT2D eigenvalue weighted by atomic mass is 79.9. The highest BCUT2D eigenvalue weighted by Crippen LogP contribution is 2.39. The van der Waals surface area contributed by atoms with E-state index >= 15 is 0 Å². The second-order valence-corrected chi connectivity index (χ2v) is 17.9. The first-order chi connectivity index (χ1) is 16.7. The quantitative estimate of drug-likeness (QED) is 0.178. The summed E-state index contributed by atoms with van der Waals surface area (Å²) < 4.78 is 19.0. The molecule has 36 heavy (non-hydrogen) atoms. The van der Waals surface area contributed by atoms with Crippen LogP contribution in [0, 0.1) is 5.41 Å². The molecule has 0 N–H and O–H groups in total. The summed E-state index contributed by atoms with van der Waals surface area (Å²) in [7, 11) is -0.361. The third-order valence-electron chi connectivity index (χ3n) is 7.50. The third-order valence-corrected chi connectivity index (χ3v) is 12.5. The smallest absolute Gasteiger partial charge is 0.318 e. The number of esters is 1. The maximum absolute atomic E-state index is 13.4. The van der Waals surface area contributed by atoms with Crippen molar-refractivity contribution in [2.24, 2.45) is 5.41 Å². The lowest BCUT2D eigenvalue weighted by Gasteiger charge is -2.39. The zero-order chi connectivity index (χ0) is 27.0. The largest absolute Gasteiger partial charge is 0.468 e. The first kappa shape index (κ1) is 30.7. The van der Waals surface area contributed by atoms with Gasteiger partial charge in [-0.05, 0) is 59.6 Å². The van der Waals surface area contributed by atoms with Crippen LogP contribution in [-0.4, -0.2) is 34.6 Å².